The quantitative estimate of drug-likeness (QED) is 0.718. The van der Waals surface area contributed by atoms with E-state index in [1.165, 1.54) is 24.3 Å². The molecule has 0 N–H and O–H groups in total. The summed E-state index contributed by atoms with van der Waals surface area (Å²) in [5.74, 6) is 0.186. The summed E-state index contributed by atoms with van der Waals surface area (Å²) in [6, 6.07) is 5.44. The minimum Gasteiger partial charge on any atom is -0.336 e. The number of benzene rings is 1. The van der Waals surface area contributed by atoms with Crippen molar-refractivity contribution in [2.75, 3.05) is 37.7 Å². The topological polar surface area (TPSA) is 57.7 Å². The van der Waals surface area contributed by atoms with E-state index in [9.17, 15) is 26.4 Å². The lowest BCUT2D eigenvalue weighted by molar-refractivity contribution is -0.0328. The Morgan fingerprint density at radius 1 is 1.08 bits per heavy atom. The van der Waals surface area contributed by atoms with Crippen molar-refractivity contribution in [3.05, 3.63) is 29.8 Å². The lowest BCUT2D eigenvalue weighted by Gasteiger charge is -2.37. The minimum absolute atomic E-state index is 0.0240. The Balaban J connectivity index is 1.55. The Morgan fingerprint density at radius 3 is 2.19 bits per heavy atom. The van der Waals surface area contributed by atoms with Gasteiger partial charge in [0.05, 0.1) is 11.5 Å². The van der Waals surface area contributed by atoms with Crippen LogP contribution in [0.1, 0.15) is 16.8 Å². The smallest absolute Gasteiger partial charge is 0.336 e. The van der Waals surface area contributed by atoms with Crippen LogP contribution in [0.25, 0.3) is 0 Å². The minimum atomic E-state index is -4.35. The largest absolute Gasteiger partial charge is 0.446 e. The van der Waals surface area contributed by atoms with Crippen LogP contribution in [-0.2, 0) is 9.84 Å². The molecule has 0 aromatic heterocycles. The molecule has 144 valence electrons. The summed E-state index contributed by atoms with van der Waals surface area (Å²) in [6.07, 6.45) is 0.634. The average Bonchev–Trinajstić information content (AvgIpc) is 2.94. The maximum Gasteiger partial charge on any atom is 0.446 e. The SMILES string of the molecule is O=C(c1ccc(SC(F)(F)F)cc1)N1CCN([C@H]2CCS(=O)(=O)C2)CC1. The number of piperazine rings is 1. The molecule has 10 heteroatoms. The number of sulfone groups is 1. The molecule has 2 saturated heterocycles. The summed E-state index contributed by atoms with van der Waals surface area (Å²) in [7, 11) is -2.94. The highest BCUT2D eigenvalue weighted by molar-refractivity contribution is 8.00. The van der Waals surface area contributed by atoms with E-state index in [1.54, 1.807) is 4.90 Å². The van der Waals surface area contributed by atoms with Crippen LogP contribution >= 0.6 is 11.8 Å². The van der Waals surface area contributed by atoms with Gasteiger partial charge in [0, 0.05) is 42.7 Å². The fourth-order valence-corrected chi connectivity index (χ4v) is 5.64. The van der Waals surface area contributed by atoms with E-state index < -0.39 is 15.3 Å². The van der Waals surface area contributed by atoms with E-state index in [0.29, 0.717) is 38.2 Å². The standard InChI is InChI=1S/C16H19F3N2O3S2/c17-16(18,19)25-14-3-1-12(2-4-14)15(22)21-8-6-20(7-9-21)13-5-10-26(23,24)11-13/h1-4,13H,5-11H2/t13-/m0/s1. The number of alkyl halides is 3. The molecule has 2 fully saturated rings. The highest BCUT2D eigenvalue weighted by atomic mass is 32.2. The van der Waals surface area contributed by atoms with Crippen LogP contribution in [0.4, 0.5) is 13.2 Å². The zero-order valence-corrected chi connectivity index (χ0v) is 15.5. The van der Waals surface area contributed by atoms with Crippen LogP contribution in [0, 0.1) is 0 Å². The number of rotatable bonds is 3. The van der Waals surface area contributed by atoms with E-state index >= 15 is 0 Å². The molecule has 0 spiro atoms. The summed E-state index contributed by atoms with van der Waals surface area (Å²) in [4.78, 5) is 16.3. The van der Waals surface area contributed by atoms with Gasteiger partial charge in [-0.25, -0.2) is 8.42 Å². The summed E-state index contributed by atoms with van der Waals surface area (Å²) >= 11 is -0.210. The third kappa shape index (κ3) is 4.92. The molecule has 1 atom stereocenters. The number of halogens is 3. The van der Waals surface area contributed by atoms with Crippen LogP contribution in [0.2, 0.25) is 0 Å². The number of nitrogens with zero attached hydrogens (tertiary/aromatic N) is 2. The van der Waals surface area contributed by atoms with Crippen LogP contribution in [0.3, 0.4) is 0 Å². The Labute approximate surface area is 154 Å². The molecule has 0 unspecified atom stereocenters. The van der Waals surface area contributed by atoms with Crippen molar-refractivity contribution in [2.45, 2.75) is 22.9 Å². The van der Waals surface area contributed by atoms with Crippen molar-refractivity contribution < 1.29 is 26.4 Å². The summed E-state index contributed by atoms with van der Waals surface area (Å²) < 4.78 is 60.2. The van der Waals surface area contributed by atoms with Gasteiger partial charge in [0.25, 0.3) is 5.91 Å². The van der Waals surface area contributed by atoms with Crippen LogP contribution < -0.4 is 0 Å². The summed E-state index contributed by atoms with van der Waals surface area (Å²) in [5, 5.41) is 0. The molecule has 5 nitrogen and oxygen atoms in total. The number of hydrogen-bond acceptors (Lipinski definition) is 5. The average molecular weight is 408 g/mol. The second-order valence-electron chi connectivity index (χ2n) is 6.46. The first kappa shape index (κ1) is 19.5. The van der Waals surface area contributed by atoms with E-state index in [1.807, 2.05) is 0 Å². The van der Waals surface area contributed by atoms with Gasteiger partial charge in [0.15, 0.2) is 9.84 Å². The second kappa shape index (κ2) is 7.40. The van der Waals surface area contributed by atoms with Crippen molar-refractivity contribution in [3.63, 3.8) is 0 Å². The summed E-state index contributed by atoms with van der Waals surface area (Å²) in [6.45, 7) is 2.17. The molecule has 0 aliphatic carbocycles. The van der Waals surface area contributed by atoms with Crippen LogP contribution in [-0.4, -0.2) is 73.4 Å². The molecule has 1 aromatic carbocycles. The molecule has 2 aliphatic heterocycles. The normalized spacial score (nSPS) is 24.0. The second-order valence-corrected chi connectivity index (χ2v) is 9.82. The zero-order valence-electron chi connectivity index (χ0n) is 13.9. The van der Waals surface area contributed by atoms with Crippen LogP contribution in [0.5, 0.6) is 0 Å². The Hall–Kier alpha value is -1.26. The van der Waals surface area contributed by atoms with E-state index in [2.05, 4.69) is 4.90 Å². The fourth-order valence-electron chi connectivity index (χ4n) is 3.34. The first-order chi connectivity index (χ1) is 12.1. The van der Waals surface area contributed by atoms with Crippen molar-refractivity contribution in [1.82, 2.24) is 9.80 Å². The predicted octanol–water partition coefficient (Wildman–Crippen LogP) is 2.24. The Kier molecular flexibility index (Phi) is 5.55. The van der Waals surface area contributed by atoms with E-state index in [-0.39, 0.29) is 40.1 Å². The third-order valence-electron chi connectivity index (χ3n) is 4.66. The van der Waals surface area contributed by atoms with Crippen LogP contribution in [0.15, 0.2) is 29.2 Å². The van der Waals surface area contributed by atoms with Gasteiger partial charge < -0.3 is 4.90 Å². The fraction of sp³-hybridized carbons (Fsp3) is 0.562. The molecular weight excluding hydrogens is 389 g/mol. The first-order valence-corrected chi connectivity index (χ1v) is 10.9. The molecular formula is C16H19F3N2O3S2. The van der Waals surface area contributed by atoms with Gasteiger partial charge in [-0.05, 0) is 42.4 Å². The number of carbonyl (C=O) groups excluding carboxylic acids is 1. The Bertz CT molecular complexity index is 758. The molecule has 0 bridgehead atoms. The van der Waals surface area contributed by atoms with Gasteiger partial charge in [-0.3, -0.25) is 9.69 Å². The third-order valence-corrected chi connectivity index (χ3v) is 7.15. The highest BCUT2D eigenvalue weighted by Gasteiger charge is 2.34. The lowest BCUT2D eigenvalue weighted by Crippen LogP contribution is -2.52. The van der Waals surface area contributed by atoms with Crippen molar-refractivity contribution in [1.29, 1.82) is 0 Å². The monoisotopic (exact) mass is 408 g/mol. The van der Waals surface area contributed by atoms with Gasteiger partial charge in [-0.15, -0.1) is 0 Å². The molecule has 1 amide bonds. The van der Waals surface area contributed by atoms with E-state index in [0.717, 1.165) is 0 Å². The van der Waals surface area contributed by atoms with E-state index in [4.69, 9.17) is 0 Å². The first-order valence-electron chi connectivity index (χ1n) is 8.22. The molecule has 3 rings (SSSR count). The van der Waals surface area contributed by atoms with Gasteiger partial charge in [-0.2, -0.15) is 13.2 Å². The molecule has 2 heterocycles. The number of amides is 1. The van der Waals surface area contributed by atoms with Gasteiger partial charge in [0.2, 0.25) is 0 Å². The number of hydrogen-bond donors (Lipinski definition) is 0. The van der Waals surface area contributed by atoms with Gasteiger partial charge >= 0.3 is 5.51 Å². The molecule has 26 heavy (non-hydrogen) atoms. The maximum absolute atomic E-state index is 12.5. The lowest BCUT2D eigenvalue weighted by atomic mass is 10.1. The molecule has 2 aliphatic rings. The molecule has 0 saturated carbocycles. The molecule has 0 radical (unpaired) electrons. The van der Waals surface area contributed by atoms with Crippen molar-refractivity contribution in [3.8, 4) is 0 Å². The van der Waals surface area contributed by atoms with Gasteiger partial charge in [0.1, 0.15) is 0 Å². The number of carbonyl (C=O) groups is 1. The maximum atomic E-state index is 12.5. The number of thioether (sulfide) groups is 1. The summed E-state index contributed by atoms with van der Waals surface area (Å²) in [5.41, 5.74) is -4.00. The zero-order chi connectivity index (χ0) is 18.9. The van der Waals surface area contributed by atoms with Gasteiger partial charge in [-0.1, -0.05) is 0 Å². The molecule has 1 aromatic rings. The van der Waals surface area contributed by atoms with Crippen molar-refractivity contribution >= 4 is 27.5 Å². The predicted molar refractivity (Wildman–Crippen MR) is 92.9 cm³/mol. The Morgan fingerprint density at radius 2 is 1.69 bits per heavy atom. The van der Waals surface area contributed by atoms with Crippen molar-refractivity contribution in [2.24, 2.45) is 0 Å². The highest BCUT2D eigenvalue weighted by Crippen LogP contribution is 2.36.